The smallest absolute Gasteiger partial charge is 0.249 e. The molecule has 2 saturated heterocycles. The summed E-state index contributed by atoms with van der Waals surface area (Å²) < 4.78 is 0.983. The number of benzene rings is 1. The van der Waals surface area contributed by atoms with Crippen LogP contribution in [-0.4, -0.2) is 35.8 Å². The highest BCUT2D eigenvalue weighted by atomic mass is 79.9. The summed E-state index contributed by atoms with van der Waals surface area (Å²) in [5.74, 6) is 0.168. The van der Waals surface area contributed by atoms with E-state index in [-0.39, 0.29) is 17.9 Å². The summed E-state index contributed by atoms with van der Waals surface area (Å²) in [5.41, 5.74) is 0.870. The first kappa shape index (κ1) is 12.7. The van der Waals surface area contributed by atoms with Gasteiger partial charge in [-0.1, -0.05) is 15.9 Å². The molecule has 2 amide bonds. The Kier molecular flexibility index (Phi) is 3.31. The van der Waals surface area contributed by atoms with Gasteiger partial charge in [-0.2, -0.15) is 0 Å². The van der Waals surface area contributed by atoms with Gasteiger partial charge in [-0.3, -0.25) is 9.59 Å². The lowest BCUT2D eigenvalue weighted by molar-refractivity contribution is -0.135. The van der Waals surface area contributed by atoms with Crippen LogP contribution in [0.25, 0.3) is 0 Å². The Bertz CT molecular complexity index is 515. The quantitative estimate of drug-likeness (QED) is 0.795. The van der Waals surface area contributed by atoms with E-state index in [0.717, 1.165) is 29.5 Å². The van der Waals surface area contributed by atoms with Crippen molar-refractivity contribution in [2.24, 2.45) is 0 Å². The van der Waals surface area contributed by atoms with Crippen molar-refractivity contribution in [3.8, 4) is 0 Å². The third-order valence-electron chi connectivity index (χ3n) is 3.81. The standard InChI is InChI=1S/C14H15BrN2O2/c15-10-3-5-11(6-4-10)16-9-7-13(18)17-8-1-2-12(17)14(16)19/h3-6,12H,1-2,7-9H2. The highest BCUT2D eigenvalue weighted by Crippen LogP contribution is 2.27. The van der Waals surface area contributed by atoms with Gasteiger partial charge < -0.3 is 9.80 Å². The van der Waals surface area contributed by atoms with Gasteiger partial charge in [0.15, 0.2) is 0 Å². The second-order valence-corrected chi connectivity index (χ2v) is 5.88. The van der Waals surface area contributed by atoms with Crippen molar-refractivity contribution in [3.63, 3.8) is 0 Å². The highest BCUT2D eigenvalue weighted by Gasteiger charge is 2.39. The average Bonchev–Trinajstić information content (AvgIpc) is 2.85. The van der Waals surface area contributed by atoms with Gasteiger partial charge in [-0.05, 0) is 37.1 Å². The molecule has 4 nitrogen and oxygen atoms in total. The Morgan fingerprint density at radius 1 is 1.11 bits per heavy atom. The lowest BCUT2D eigenvalue weighted by Crippen LogP contribution is -2.43. The first-order chi connectivity index (χ1) is 9.16. The minimum atomic E-state index is -0.251. The zero-order valence-corrected chi connectivity index (χ0v) is 12.1. The number of hydrogen-bond donors (Lipinski definition) is 0. The normalized spacial score (nSPS) is 23.5. The van der Waals surface area contributed by atoms with Crippen LogP contribution in [0.2, 0.25) is 0 Å². The summed E-state index contributed by atoms with van der Waals surface area (Å²) in [5, 5.41) is 0. The van der Waals surface area contributed by atoms with Crippen LogP contribution in [-0.2, 0) is 9.59 Å². The van der Waals surface area contributed by atoms with E-state index < -0.39 is 0 Å². The Morgan fingerprint density at radius 2 is 1.84 bits per heavy atom. The van der Waals surface area contributed by atoms with Crippen LogP contribution >= 0.6 is 15.9 Å². The molecule has 1 atom stereocenters. The lowest BCUT2D eigenvalue weighted by atomic mass is 10.2. The molecule has 0 radical (unpaired) electrons. The number of fused-ring (bicyclic) bond motifs is 1. The van der Waals surface area contributed by atoms with Gasteiger partial charge in [-0.25, -0.2) is 0 Å². The van der Waals surface area contributed by atoms with Crippen molar-refractivity contribution < 1.29 is 9.59 Å². The predicted molar refractivity (Wildman–Crippen MR) is 75.8 cm³/mol. The minimum absolute atomic E-state index is 0.0608. The highest BCUT2D eigenvalue weighted by molar-refractivity contribution is 9.10. The number of hydrogen-bond acceptors (Lipinski definition) is 2. The Hall–Kier alpha value is -1.36. The van der Waals surface area contributed by atoms with Gasteiger partial charge >= 0.3 is 0 Å². The van der Waals surface area contributed by atoms with E-state index in [1.54, 1.807) is 9.80 Å². The fourth-order valence-electron chi connectivity index (χ4n) is 2.84. The monoisotopic (exact) mass is 322 g/mol. The molecule has 2 aliphatic rings. The summed E-state index contributed by atoms with van der Waals surface area (Å²) in [7, 11) is 0. The van der Waals surface area contributed by atoms with Crippen LogP contribution in [0.15, 0.2) is 28.7 Å². The number of carbonyl (C=O) groups is 2. The fraction of sp³-hybridized carbons (Fsp3) is 0.429. The molecule has 5 heteroatoms. The van der Waals surface area contributed by atoms with Crippen LogP contribution in [0.4, 0.5) is 5.69 Å². The predicted octanol–water partition coefficient (Wildman–Crippen LogP) is 2.18. The largest absolute Gasteiger partial charge is 0.331 e. The summed E-state index contributed by atoms with van der Waals surface area (Å²) >= 11 is 3.39. The van der Waals surface area contributed by atoms with Crippen molar-refractivity contribution in [1.82, 2.24) is 4.90 Å². The molecule has 1 unspecified atom stereocenters. The maximum absolute atomic E-state index is 12.6. The molecule has 2 heterocycles. The van der Waals surface area contributed by atoms with Crippen LogP contribution in [0.5, 0.6) is 0 Å². The molecular formula is C14H15BrN2O2. The van der Waals surface area contributed by atoms with Gasteiger partial charge in [0.05, 0.1) is 0 Å². The van der Waals surface area contributed by atoms with E-state index in [9.17, 15) is 9.59 Å². The zero-order chi connectivity index (χ0) is 13.4. The summed E-state index contributed by atoms with van der Waals surface area (Å²) in [6.07, 6.45) is 2.13. The topological polar surface area (TPSA) is 40.6 Å². The molecule has 2 aliphatic heterocycles. The van der Waals surface area contributed by atoms with Crippen molar-refractivity contribution in [2.75, 3.05) is 18.0 Å². The molecule has 0 aliphatic carbocycles. The zero-order valence-electron chi connectivity index (χ0n) is 10.5. The molecular weight excluding hydrogens is 308 g/mol. The molecule has 0 saturated carbocycles. The van der Waals surface area contributed by atoms with Gasteiger partial charge in [0, 0.05) is 29.7 Å². The number of carbonyl (C=O) groups excluding carboxylic acids is 2. The van der Waals surface area contributed by atoms with Gasteiger partial charge in [0.1, 0.15) is 6.04 Å². The molecule has 0 spiro atoms. The van der Waals surface area contributed by atoms with E-state index in [1.807, 2.05) is 24.3 Å². The number of halogens is 1. The third-order valence-corrected chi connectivity index (χ3v) is 4.34. The van der Waals surface area contributed by atoms with Gasteiger partial charge in [0.25, 0.3) is 0 Å². The minimum Gasteiger partial charge on any atom is -0.331 e. The van der Waals surface area contributed by atoms with E-state index in [4.69, 9.17) is 0 Å². The second-order valence-electron chi connectivity index (χ2n) is 4.96. The number of amides is 2. The van der Waals surface area contributed by atoms with Crippen LogP contribution < -0.4 is 4.90 Å². The Labute approximate surface area is 120 Å². The molecule has 1 aromatic rings. The second kappa shape index (κ2) is 4.96. The van der Waals surface area contributed by atoms with Crippen molar-refractivity contribution in [1.29, 1.82) is 0 Å². The van der Waals surface area contributed by atoms with E-state index in [0.29, 0.717) is 13.0 Å². The van der Waals surface area contributed by atoms with E-state index >= 15 is 0 Å². The van der Waals surface area contributed by atoms with Crippen LogP contribution in [0, 0.1) is 0 Å². The molecule has 19 heavy (non-hydrogen) atoms. The van der Waals surface area contributed by atoms with Crippen molar-refractivity contribution in [2.45, 2.75) is 25.3 Å². The number of anilines is 1. The summed E-state index contributed by atoms with van der Waals surface area (Å²) in [4.78, 5) is 28.1. The maximum atomic E-state index is 12.6. The maximum Gasteiger partial charge on any atom is 0.249 e. The molecule has 0 N–H and O–H groups in total. The summed E-state index contributed by atoms with van der Waals surface area (Å²) in [6, 6.07) is 7.41. The van der Waals surface area contributed by atoms with Gasteiger partial charge in [-0.15, -0.1) is 0 Å². The molecule has 3 rings (SSSR count). The number of rotatable bonds is 1. The SMILES string of the molecule is O=C1C2CCCN2C(=O)CCN1c1ccc(Br)cc1. The molecule has 2 fully saturated rings. The average molecular weight is 323 g/mol. The van der Waals surface area contributed by atoms with Crippen molar-refractivity contribution in [3.05, 3.63) is 28.7 Å². The van der Waals surface area contributed by atoms with Crippen LogP contribution in [0.3, 0.4) is 0 Å². The third kappa shape index (κ3) is 2.27. The van der Waals surface area contributed by atoms with Gasteiger partial charge in [0.2, 0.25) is 11.8 Å². The Balaban J connectivity index is 1.91. The van der Waals surface area contributed by atoms with Crippen LogP contribution in [0.1, 0.15) is 19.3 Å². The van der Waals surface area contributed by atoms with E-state index in [2.05, 4.69) is 15.9 Å². The molecule has 100 valence electrons. The first-order valence-corrected chi connectivity index (χ1v) is 7.32. The van der Waals surface area contributed by atoms with Crippen molar-refractivity contribution >= 4 is 33.4 Å². The number of nitrogens with zero attached hydrogens (tertiary/aromatic N) is 2. The first-order valence-electron chi connectivity index (χ1n) is 6.53. The lowest BCUT2D eigenvalue weighted by Gasteiger charge is -2.25. The molecule has 0 aromatic heterocycles. The molecule has 1 aromatic carbocycles. The Morgan fingerprint density at radius 3 is 2.58 bits per heavy atom. The van der Waals surface area contributed by atoms with E-state index in [1.165, 1.54) is 0 Å². The summed E-state index contributed by atoms with van der Waals surface area (Å²) in [6.45, 7) is 1.20. The fourth-order valence-corrected chi connectivity index (χ4v) is 3.10. The molecule has 0 bridgehead atoms.